The molecule has 0 amide bonds. The third-order valence-corrected chi connectivity index (χ3v) is 1.44. The average molecular weight is 132 g/mol. The maximum absolute atomic E-state index is 8.42. The second-order valence-corrected chi connectivity index (χ2v) is 3.03. The van der Waals surface area contributed by atoms with Crippen LogP contribution in [0.5, 0.6) is 0 Å². The lowest BCUT2D eigenvalue weighted by Gasteiger charge is -1.90. The summed E-state index contributed by atoms with van der Waals surface area (Å²) in [4.78, 5) is 16.8. The summed E-state index contributed by atoms with van der Waals surface area (Å²) < 4.78 is 0. The second kappa shape index (κ2) is 5.02. The molecular weight excluding hydrogens is 120 g/mol. The van der Waals surface area contributed by atoms with Crippen LogP contribution in [-0.2, 0) is 0 Å². The first kappa shape index (κ1) is 7.88. The normalized spacial score (nSPS) is 11.5. The lowest BCUT2D eigenvalue weighted by Crippen LogP contribution is -2.07. The molecule has 0 radical (unpaired) electrons. The van der Waals surface area contributed by atoms with E-state index in [-0.39, 0.29) is 0 Å². The van der Waals surface area contributed by atoms with E-state index in [0.29, 0.717) is 6.04 Å². The Morgan fingerprint density at radius 1 is 1.38 bits per heavy atom. The average Bonchev–Trinajstić information content (AvgIpc) is 1.66. The van der Waals surface area contributed by atoms with Gasteiger partial charge in [-0.2, -0.15) is 0 Å². The van der Waals surface area contributed by atoms with Crippen LogP contribution in [0.2, 0.25) is 6.04 Å². The Bertz CT molecular complexity index is 70.8. The molecule has 0 heterocycles. The zero-order chi connectivity index (χ0) is 6.41. The van der Waals surface area contributed by atoms with E-state index in [2.05, 4.69) is 0 Å². The molecule has 0 aliphatic rings. The summed E-state index contributed by atoms with van der Waals surface area (Å²) >= 11 is 0. The van der Waals surface area contributed by atoms with Crippen LogP contribution in [0, 0.1) is 0 Å². The van der Waals surface area contributed by atoms with Crippen molar-refractivity contribution in [1.82, 2.24) is 0 Å². The first-order valence-corrected chi connectivity index (χ1v) is 4.63. The largest absolute Gasteiger partial charge is 0.413 e. The van der Waals surface area contributed by atoms with Crippen molar-refractivity contribution in [1.29, 1.82) is 0 Å². The van der Waals surface area contributed by atoms with Gasteiger partial charge >= 0.3 is 9.28 Å². The van der Waals surface area contributed by atoms with Gasteiger partial charge in [-0.1, -0.05) is 19.1 Å². The lowest BCUT2D eigenvalue weighted by atomic mass is 10.4. The van der Waals surface area contributed by atoms with Gasteiger partial charge in [-0.05, 0) is 6.42 Å². The van der Waals surface area contributed by atoms with Crippen LogP contribution in [0.4, 0.5) is 0 Å². The van der Waals surface area contributed by atoms with E-state index in [1.165, 1.54) is 0 Å². The van der Waals surface area contributed by atoms with E-state index in [9.17, 15) is 0 Å². The quantitative estimate of drug-likeness (QED) is 0.424. The fourth-order valence-corrected chi connectivity index (χ4v) is 0.820. The fraction of sp³-hybridized carbons (Fsp3) is 0.600. The lowest BCUT2D eigenvalue weighted by molar-refractivity contribution is 0.411. The Balaban J connectivity index is 3.03. The fourth-order valence-electron chi connectivity index (χ4n) is 0.385. The van der Waals surface area contributed by atoms with Crippen molar-refractivity contribution in [2.75, 3.05) is 0 Å². The van der Waals surface area contributed by atoms with Gasteiger partial charge in [-0.3, -0.25) is 0 Å². The van der Waals surface area contributed by atoms with Crippen molar-refractivity contribution in [2.45, 2.75) is 19.4 Å². The number of allylic oxidation sites excluding steroid dienone is 2. The summed E-state index contributed by atoms with van der Waals surface area (Å²) in [7, 11) is -2.29. The van der Waals surface area contributed by atoms with Crippen molar-refractivity contribution in [3.8, 4) is 0 Å². The molecule has 0 aliphatic heterocycles. The van der Waals surface area contributed by atoms with Crippen LogP contribution < -0.4 is 0 Å². The van der Waals surface area contributed by atoms with Crippen molar-refractivity contribution >= 4 is 9.28 Å². The molecule has 0 rings (SSSR count). The molecule has 0 aliphatic carbocycles. The molecule has 3 heteroatoms. The molecule has 0 atom stereocenters. The summed E-state index contributed by atoms with van der Waals surface area (Å²) in [6.45, 7) is 2.02. The standard InChI is InChI=1S/C5H12O2Si/c1-2-3-4-5-8(6)7/h3-4,6-8H,2,5H2,1H3. The summed E-state index contributed by atoms with van der Waals surface area (Å²) in [5, 5.41) is 0. The first-order valence-electron chi connectivity index (χ1n) is 2.78. The van der Waals surface area contributed by atoms with Gasteiger partial charge < -0.3 is 9.59 Å². The summed E-state index contributed by atoms with van der Waals surface area (Å²) in [6, 6.07) is 0.480. The van der Waals surface area contributed by atoms with E-state index in [0.717, 1.165) is 6.42 Å². The molecule has 0 aromatic carbocycles. The smallest absolute Gasteiger partial charge is 0.319 e. The van der Waals surface area contributed by atoms with Crippen LogP contribution in [0.15, 0.2) is 12.2 Å². The van der Waals surface area contributed by atoms with E-state index >= 15 is 0 Å². The van der Waals surface area contributed by atoms with Crippen LogP contribution in [0.1, 0.15) is 13.3 Å². The van der Waals surface area contributed by atoms with Crippen molar-refractivity contribution in [3.63, 3.8) is 0 Å². The second-order valence-electron chi connectivity index (χ2n) is 1.60. The predicted molar refractivity (Wildman–Crippen MR) is 35.8 cm³/mol. The highest BCUT2D eigenvalue weighted by atomic mass is 28.3. The molecule has 0 aromatic heterocycles. The molecular formula is C5H12O2Si. The third kappa shape index (κ3) is 5.88. The molecule has 2 N–H and O–H groups in total. The van der Waals surface area contributed by atoms with E-state index in [1.807, 2.05) is 19.1 Å². The minimum atomic E-state index is -2.29. The summed E-state index contributed by atoms with van der Waals surface area (Å²) in [5.74, 6) is 0. The SMILES string of the molecule is CCC=CC[SiH](O)O. The van der Waals surface area contributed by atoms with Crippen LogP contribution >= 0.6 is 0 Å². The summed E-state index contributed by atoms with van der Waals surface area (Å²) in [5.41, 5.74) is 0. The highest BCUT2D eigenvalue weighted by molar-refractivity contribution is 6.41. The minimum absolute atomic E-state index is 0.480. The molecule has 8 heavy (non-hydrogen) atoms. The first-order chi connectivity index (χ1) is 3.77. The highest BCUT2D eigenvalue weighted by Gasteiger charge is 1.93. The summed E-state index contributed by atoms with van der Waals surface area (Å²) in [6.07, 6.45) is 4.73. The Kier molecular flexibility index (Phi) is 4.95. The molecule has 0 bridgehead atoms. The van der Waals surface area contributed by atoms with Crippen LogP contribution in [0.3, 0.4) is 0 Å². The third-order valence-electron chi connectivity index (χ3n) is 0.749. The maximum Gasteiger partial charge on any atom is 0.319 e. The van der Waals surface area contributed by atoms with Crippen LogP contribution in [-0.4, -0.2) is 18.9 Å². The predicted octanol–water partition coefficient (Wildman–Crippen LogP) is 0.158. The van der Waals surface area contributed by atoms with Gasteiger partial charge in [0, 0.05) is 6.04 Å². The van der Waals surface area contributed by atoms with E-state index in [4.69, 9.17) is 9.59 Å². The molecule has 0 fully saturated rings. The van der Waals surface area contributed by atoms with Crippen LogP contribution in [0.25, 0.3) is 0 Å². The van der Waals surface area contributed by atoms with E-state index in [1.54, 1.807) is 0 Å². The Morgan fingerprint density at radius 3 is 2.38 bits per heavy atom. The molecule has 48 valence electrons. The van der Waals surface area contributed by atoms with Gasteiger partial charge in [0.2, 0.25) is 0 Å². The van der Waals surface area contributed by atoms with Gasteiger partial charge in [-0.15, -0.1) is 0 Å². The number of hydrogen-bond acceptors (Lipinski definition) is 2. The van der Waals surface area contributed by atoms with Gasteiger partial charge in [0.05, 0.1) is 0 Å². The topological polar surface area (TPSA) is 40.5 Å². The minimum Gasteiger partial charge on any atom is -0.413 e. The van der Waals surface area contributed by atoms with Crippen molar-refractivity contribution < 1.29 is 9.59 Å². The van der Waals surface area contributed by atoms with Gasteiger partial charge in [-0.25, -0.2) is 0 Å². The maximum atomic E-state index is 8.42. The van der Waals surface area contributed by atoms with Crippen molar-refractivity contribution in [2.24, 2.45) is 0 Å². The zero-order valence-electron chi connectivity index (χ0n) is 5.04. The van der Waals surface area contributed by atoms with Gasteiger partial charge in [0.15, 0.2) is 0 Å². The van der Waals surface area contributed by atoms with E-state index < -0.39 is 9.28 Å². The molecule has 0 saturated carbocycles. The molecule has 0 unspecified atom stereocenters. The molecule has 2 nitrogen and oxygen atoms in total. The molecule has 0 saturated heterocycles. The van der Waals surface area contributed by atoms with Gasteiger partial charge in [0.1, 0.15) is 0 Å². The molecule has 0 spiro atoms. The Hall–Kier alpha value is -0.123. The zero-order valence-corrected chi connectivity index (χ0v) is 6.20. The highest BCUT2D eigenvalue weighted by Crippen LogP contribution is 1.87. The Morgan fingerprint density at radius 2 is 2.00 bits per heavy atom. The monoisotopic (exact) mass is 132 g/mol. The Labute approximate surface area is 51.3 Å². The van der Waals surface area contributed by atoms with Gasteiger partial charge in [0.25, 0.3) is 0 Å². The number of rotatable bonds is 3. The number of hydrogen-bond donors (Lipinski definition) is 2. The van der Waals surface area contributed by atoms with Crippen molar-refractivity contribution in [3.05, 3.63) is 12.2 Å². The molecule has 0 aromatic rings.